The second kappa shape index (κ2) is 6.55. The van der Waals surface area contributed by atoms with E-state index >= 15 is 0 Å². The highest BCUT2D eigenvalue weighted by atomic mass is 79.9. The van der Waals surface area contributed by atoms with Gasteiger partial charge in [-0.25, -0.2) is 4.98 Å². The number of aromatic nitrogens is 2. The van der Waals surface area contributed by atoms with Crippen LogP contribution in [0.5, 0.6) is 5.88 Å². The van der Waals surface area contributed by atoms with E-state index in [1.165, 1.54) is 19.3 Å². The fourth-order valence-corrected chi connectivity index (χ4v) is 2.98. The predicted molar refractivity (Wildman–Crippen MR) is 80.7 cm³/mol. The first-order valence-corrected chi connectivity index (χ1v) is 7.72. The summed E-state index contributed by atoms with van der Waals surface area (Å²) in [5, 5.41) is 0. The van der Waals surface area contributed by atoms with Crippen molar-refractivity contribution in [2.75, 3.05) is 25.1 Å². The monoisotopic (exact) mass is 327 g/mol. The normalized spacial score (nSPS) is 20.5. The van der Waals surface area contributed by atoms with E-state index in [0.717, 1.165) is 35.3 Å². The Hall–Kier alpha value is -0.840. The van der Waals surface area contributed by atoms with Crippen molar-refractivity contribution in [2.24, 2.45) is 11.8 Å². The second-order valence-electron chi connectivity index (χ2n) is 5.45. The molecule has 4 nitrogen and oxygen atoms in total. The van der Waals surface area contributed by atoms with Gasteiger partial charge in [-0.1, -0.05) is 13.8 Å². The van der Waals surface area contributed by atoms with Gasteiger partial charge in [0.1, 0.15) is 0 Å². The van der Waals surface area contributed by atoms with Crippen LogP contribution < -0.4 is 9.64 Å². The van der Waals surface area contributed by atoms with Crippen LogP contribution in [-0.2, 0) is 0 Å². The molecule has 0 aromatic carbocycles. The number of rotatable bonds is 3. The predicted octanol–water partition coefficient (Wildman–Crippen LogP) is 3.51. The molecule has 0 saturated carbocycles. The van der Waals surface area contributed by atoms with Crippen molar-refractivity contribution in [1.82, 2.24) is 9.97 Å². The summed E-state index contributed by atoms with van der Waals surface area (Å²) in [6, 6.07) is 0. The summed E-state index contributed by atoms with van der Waals surface area (Å²) in [6.07, 6.45) is 5.51. The molecule has 1 aromatic rings. The Kier molecular flexibility index (Phi) is 5.02. The second-order valence-corrected chi connectivity index (χ2v) is 6.30. The molecule has 0 N–H and O–H groups in total. The molecular formula is C14H22BrN3O. The number of ether oxygens (including phenoxy) is 1. The van der Waals surface area contributed by atoms with E-state index in [-0.39, 0.29) is 0 Å². The minimum absolute atomic E-state index is 0.606. The van der Waals surface area contributed by atoms with E-state index in [1.54, 1.807) is 13.3 Å². The van der Waals surface area contributed by atoms with Gasteiger partial charge in [0.2, 0.25) is 11.8 Å². The molecule has 1 aliphatic heterocycles. The Morgan fingerprint density at radius 3 is 2.84 bits per heavy atom. The fourth-order valence-electron chi connectivity index (χ4n) is 2.63. The molecule has 19 heavy (non-hydrogen) atoms. The van der Waals surface area contributed by atoms with Crippen LogP contribution in [0.3, 0.4) is 0 Å². The molecule has 0 radical (unpaired) electrons. The Balaban J connectivity index is 2.09. The van der Waals surface area contributed by atoms with Crippen LogP contribution in [0.15, 0.2) is 10.7 Å². The molecule has 2 rings (SSSR count). The molecule has 1 aromatic heterocycles. The summed E-state index contributed by atoms with van der Waals surface area (Å²) in [5.41, 5.74) is 0. The van der Waals surface area contributed by atoms with E-state index in [4.69, 9.17) is 4.74 Å². The number of methoxy groups -OCH3 is 1. The van der Waals surface area contributed by atoms with Crippen molar-refractivity contribution in [3.05, 3.63) is 10.7 Å². The number of halogens is 1. The van der Waals surface area contributed by atoms with E-state index in [2.05, 4.69) is 44.6 Å². The highest BCUT2D eigenvalue weighted by molar-refractivity contribution is 9.10. The van der Waals surface area contributed by atoms with E-state index < -0.39 is 0 Å². The molecule has 0 spiro atoms. The third-order valence-electron chi connectivity index (χ3n) is 3.89. The zero-order chi connectivity index (χ0) is 13.8. The van der Waals surface area contributed by atoms with Gasteiger partial charge in [-0.15, -0.1) is 0 Å². The molecule has 1 saturated heterocycles. The molecule has 1 fully saturated rings. The summed E-state index contributed by atoms with van der Waals surface area (Å²) >= 11 is 3.39. The number of hydrogen-bond acceptors (Lipinski definition) is 4. The number of anilines is 1. The van der Waals surface area contributed by atoms with Gasteiger partial charge in [-0.2, -0.15) is 4.98 Å². The maximum atomic E-state index is 5.24. The van der Waals surface area contributed by atoms with Gasteiger partial charge in [0.25, 0.3) is 0 Å². The summed E-state index contributed by atoms with van der Waals surface area (Å²) in [4.78, 5) is 11.2. The van der Waals surface area contributed by atoms with E-state index in [9.17, 15) is 0 Å². The first-order chi connectivity index (χ1) is 9.11. The van der Waals surface area contributed by atoms with Gasteiger partial charge >= 0.3 is 0 Å². The topological polar surface area (TPSA) is 38.2 Å². The van der Waals surface area contributed by atoms with Crippen molar-refractivity contribution < 1.29 is 4.74 Å². The van der Waals surface area contributed by atoms with Gasteiger partial charge in [0.05, 0.1) is 17.8 Å². The van der Waals surface area contributed by atoms with Crippen LogP contribution in [0.2, 0.25) is 0 Å². The summed E-state index contributed by atoms with van der Waals surface area (Å²) in [7, 11) is 1.63. The summed E-state index contributed by atoms with van der Waals surface area (Å²) < 4.78 is 6.04. The molecule has 2 heterocycles. The van der Waals surface area contributed by atoms with Crippen molar-refractivity contribution in [2.45, 2.75) is 33.1 Å². The van der Waals surface area contributed by atoms with Crippen molar-refractivity contribution in [3.8, 4) is 5.88 Å². The fraction of sp³-hybridized carbons (Fsp3) is 0.714. The highest BCUT2D eigenvalue weighted by Crippen LogP contribution is 2.28. The van der Waals surface area contributed by atoms with Crippen LogP contribution in [0.1, 0.15) is 33.1 Å². The van der Waals surface area contributed by atoms with Crippen LogP contribution in [-0.4, -0.2) is 30.2 Å². The van der Waals surface area contributed by atoms with Crippen LogP contribution in [0.25, 0.3) is 0 Å². The average Bonchev–Trinajstić information content (AvgIpc) is 2.65. The molecule has 1 unspecified atom stereocenters. The van der Waals surface area contributed by atoms with Crippen molar-refractivity contribution >= 4 is 21.9 Å². The third-order valence-corrected chi connectivity index (χ3v) is 4.43. The third kappa shape index (κ3) is 3.59. The zero-order valence-electron chi connectivity index (χ0n) is 11.9. The minimum Gasteiger partial charge on any atom is -0.480 e. The Bertz CT molecular complexity index is 425. The smallest absolute Gasteiger partial charge is 0.232 e. The molecule has 1 aliphatic rings. The molecule has 0 aliphatic carbocycles. The van der Waals surface area contributed by atoms with Gasteiger partial charge in [-0.05, 0) is 47.0 Å². The van der Waals surface area contributed by atoms with Crippen LogP contribution >= 0.6 is 15.9 Å². The minimum atomic E-state index is 0.606. The van der Waals surface area contributed by atoms with Crippen molar-refractivity contribution in [1.29, 1.82) is 0 Å². The van der Waals surface area contributed by atoms with Gasteiger partial charge < -0.3 is 9.64 Å². The van der Waals surface area contributed by atoms with Gasteiger partial charge in [0, 0.05) is 13.1 Å². The highest BCUT2D eigenvalue weighted by Gasteiger charge is 2.21. The molecule has 0 amide bonds. The Morgan fingerprint density at radius 1 is 1.37 bits per heavy atom. The maximum absolute atomic E-state index is 5.24. The molecule has 1 atom stereocenters. The van der Waals surface area contributed by atoms with Crippen LogP contribution in [0, 0.1) is 11.8 Å². The maximum Gasteiger partial charge on any atom is 0.232 e. The lowest BCUT2D eigenvalue weighted by molar-refractivity contribution is 0.351. The zero-order valence-corrected chi connectivity index (χ0v) is 13.5. The quantitative estimate of drug-likeness (QED) is 0.851. The lowest BCUT2D eigenvalue weighted by Crippen LogP contribution is -2.26. The Labute approximate surface area is 123 Å². The first-order valence-electron chi connectivity index (χ1n) is 6.93. The van der Waals surface area contributed by atoms with Gasteiger partial charge in [-0.3, -0.25) is 0 Å². The van der Waals surface area contributed by atoms with Crippen molar-refractivity contribution in [3.63, 3.8) is 0 Å². The standard InChI is InChI=1S/C14H22BrN3O/c1-10(2)11-5-4-7-18(8-6-11)14-16-9-12(15)13(17-14)19-3/h9-11H,4-8H2,1-3H3. The lowest BCUT2D eigenvalue weighted by Gasteiger charge is -2.21. The Morgan fingerprint density at radius 2 is 2.16 bits per heavy atom. The number of nitrogens with zero attached hydrogens (tertiary/aromatic N) is 3. The number of hydrogen-bond donors (Lipinski definition) is 0. The summed E-state index contributed by atoms with van der Waals surface area (Å²) in [5.74, 6) is 2.97. The largest absolute Gasteiger partial charge is 0.480 e. The summed E-state index contributed by atoms with van der Waals surface area (Å²) in [6.45, 7) is 6.71. The average molecular weight is 328 g/mol. The van der Waals surface area contributed by atoms with E-state index in [1.807, 2.05) is 0 Å². The lowest BCUT2D eigenvalue weighted by atomic mass is 9.89. The SMILES string of the molecule is COc1nc(N2CCCC(C(C)C)CC2)ncc1Br. The molecule has 106 valence electrons. The van der Waals surface area contributed by atoms with E-state index in [0.29, 0.717) is 5.88 Å². The van der Waals surface area contributed by atoms with Crippen LogP contribution in [0.4, 0.5) is 5.95 Å². The van der Waals surface area contributed by atoms with Gasteiger partial charge in [0.15, 0.2) is 0 Å². The molecular weight excluding hydrogens is 306 g/mol. The molecule has 0 bridgehead atoms. The molecule has 5 heteroatoms. The first kappa shape index (κ1) is 14.6.